The number of nitrogens with zero attached hydrogens (tertiary/aromatic N) is 2. The molecule has 0 bridgehead atoms. The van der Waals surface area contributed by atoms with Crippen LogP contribution in [0.3, 0.4) is 0 Å². The molecular weight excluding hydrogens is 268 g/mol. The van der Waals surface area contributed by atoms with E-state index >= 15 is 0 Å². The second-order valence-corrected chi connectivity index (χ2v) is 7.26. The van der Waals surface area contributed by atoms with E-state index in [1.165, 1.54) is 0 Å². The number of carbonyl (C=O) groups excluding carboxylic acids is 1. The van der Waals surface area contributed by atoms with Crippen molar-refractivity contribution in [2.75, 3.05) is 13.1 Å². The summed E-state index contributed by atoms with van der Waals surface area (Å²) in [6.07, 6.45) is 5.31. The molecule has 2 saturated heterocycles. The van der Waals surface area contributed by atoms with Crippen LogP contribution in [0, 0.1) is 17.8 Å². The van der Waals surface area contributed by atoms with Gasteiger partial charge in [-0.25, -0.2) is 9.59 Å². The molecule has 0 aromatic rings. The maximum atomic E-state index is 12.9. The minimum absolute atomic E-state index is 0.0455. The minimum atomic E-state index is -0.824. The number of aliphatic carboxylic acids is 1. The molecule has 2 aliphatic heterocycles. The summed E-state index contributed by atoms with van der Waals surface area (Å²) in [7, 11) is 0. The first-order chi connectivity index (χ1) is 9.99. The molecule has 2 heterocycles. The lowest BCUT2D eigenvalue weighted by Gasteiger charge is -2.40. The highest BCUT2D eigenvalue weighted by Crippen LogP contribution is 2.43. The van der Waals surface area contributed by atoms with Gasteiger partial charge in [-0.1, -0.05) is 13.3 Å². The molecule has 0 aromatic heterocycles. The summed E-state index contributed by atoms with van der Waals surface area (Å²) < 4.78 is 0. The third kappa shape index (κ3) is 2.51. The van der Waals surface area contributed by atoms with Crippen LogP contribution < -0.4 is 0 Å². The number of fused-ring (bicyclic) bond motifs is 1. The van der Waals surface area contributed by atoms with Crippen molar-refractivity contribution < 1.29 is 14.7 Å². The Labute approximate surface area is 126 Å². The van der Waals surface area contributed by atoms with Gasteiger partial charge in [-0.2, -0.15) is 0 Å². The van der Waals surface area contributed by atoms with Gasteiger partial charge < -0.3 is 14.9 Å². The lowest BCUT2D eigenvalue weighted by Crippen LogP contribution is -2.54. The quantitative estimate of drug-likeness (QED) is 0.808. The molecule has 1 N–H and O–H groups in total. The highest BCUT2D eigenvalue weighted by atomic mass is 16.4. The lowest BCUT2D eigenvalue weighted by molar-refractivity contribution is -0.142. The Morgan fingerprint density at radius 3 is 2.48 bits per heavy atom. The zero-order valence-corrected chi connectivity index (χ0v) is 13.0. The van der Waals surface area contributed by atoms with Crippen molar-refractivity contribution >= 4 is 12.0 Å². The number of piperidine rings is 1. The number of likely N-dealkylation sites (tertiary alicyclic amines) is 2. The van der Waals surface area contributed by atoms with Gasteiger partial charge in [-0.15, -0.1) is 0 Å². The predicted molar refractivity (Wildman–Crippen MR) is 78.9 cm³/mol. The Kier molecular flexibility index (Phi) is 3.84. The molecule has 0 spiro atoms. The molecule has 3 rings (SSSR count). The minimum Gasteiger partial charge on any atom is -0.480 e. The highest BCUT2D eigenvalue weighted by Gasteiger charge is 2.50. The van der Waals surface area contributed by atoms with E-state index < -0.39 is 12.0 Å². The number of carboxylic acids is 1. The fraction of sp³-hybridized carbons (Fsp3) is 0.875. The molecule has 0 radical (unpaired) electrons. The zero-order valence-electron chi connectivity index (χ0n) is 13.0. The first kappa shape index (κ1) is 14.7. The Morgan fingerprint density at radius 2 is 1.76 bits per heavy atom. The van der Waals surface area contributed by atoms with Crippen LogP contribution in [0.15, 0.2) is 0 Å². The fourth-order valence-electron chi connectivity index (χ4n) is 4.54. The van der Waals surface area contributed by atoms with Crippen molar-refractivity contribution in [3.8, 4) is 0 Å². The van der Waals surface area contributed by atoms with Crippen LogP contribution in [0.4, 0.5) is 4.79 Å². The molecule has 3 fully saturated rings. The van der Waals surface area contributed by atoms with Crippen LogP contribution >= 0.6 is 0 Å². The summed E-state index contributed by atoms with van der Waals surface area (Å²) in [5, 5.41) is 9.58. The topological polar surface area (TPSA) is 60.9 Å². The summed E-state index contributed by atoms with van der Waals surface area (Å²) in [4.78, 5) is 28.1. The molecule has 5 unspecified atom stereocenters. The first-order valence-corrected chi connectivity index (χ1v) is 8.29. The van der Waals surface area contributed by atoms with Crippen molar-refractivity contribution in [3.05, 3.63) is 0 Å². The van der Waals surface area contributed by atoms with E-state index in [1.54, 1.807) is 4.90 Å². The standard InChI is InChI=1S/C16H26N2O3/c1-10-6-7-11(2)17(8-10)16(21)18-9-12-4-3-5-13(12)14(18)15(19)20/h10-14H,3-9H2,1-2H3,(H,19,20). The lowest BCUT2D eigenvalue weighted by atomic mass is 9.94. The number of carbonyl (C=O) groups is 2. The molecule has 0 aromatic carbocycles. The second kappa shape index (κ2) is 5.50. The van der Waals surface area contributed by atoms with E-state index in [0.29, 0.717) is 18.4 Å². The van der Waals surface area contributed by atoms with Crippen molar-refractivity contribution in [2.24, 2.45) is 17.8 Å². The van der Waals surface area contributed by atoms with Gasteiger partial charge in [0, 0.05) is 19.1 Å². The first-order valence-electron chi connectivity index (χ1n) is 8.29. The smallest absolute Gasteiger partial charge is 0.326 e. The van der Waals surface area contributed by atoms with Crippen LogP contribution in [0.1, 0.15) is 46.0 Å². The van der Waals surface area contributed by atoms with Gasteiger partial charge in [0.25, 0.3) is 0 Å². The summed E-state index contributed by atoms with van der Waals surface area (Å²) in [5.41, 5.74) is 0. The van der Waals surface area contributed by atoms with E-state index in [0.717, 1.165) is 38.6 Å². The number of rotatable bonds is 1. The van der Waals surface area contributed by atoms with Crippen LogP contribution in [0.2, 0.25) is 0 Å². The number of amides is 2. The SMILES string of the molecule is CC1CCC(C)N(C(=O)N2CC3CCCC3C2C(=O)O)C1. The summed E-state index contributed by atoms with van der Waals surface area (Å²) >= 11 is 0. The maximum absolute atomic E-state index is 12.9. The van der Waals surface area contributed by atoms with E-state index in [1.807, 2.05) is 4.90 Å². The molecule has 2 amide bonds. The van der Waals surface area contributed by atoms with Gasteiger partial charge in [-0.05, 0) is 50.4 Å². The zero-order chi connectivity index (χ0) is 15.1. The normalized spacial score (nSPS) is 39.4. The maximum Gasteiger partial charge on any atom is 0.326 e. The van der Waals surface area contributed by atoms with Crippen molar-refractivity contribution in [1.82, 2.24) is 9.80 Å². The average molecular weight is 294 g/mol. The molecule has 5 heteroatoms. The molecular formula is C16H26N2O3. The number of carboxylic acid groups (broad SMARTS) is 1. The third-order valence-corrected chi connectivity index (χ3v) is 5.75. The van der Waals surface area contributed by atoms with Gasteiger partial charge in [0.15, 0.2) is 0 Å². The second-order valence-electron chi connectivity index (χ2n) is 7.26. The van der Waals surface area contributed by atoms with Crippen LogP contribution in [-0.4, -0.2) is 52.1 Å². The predicted octanol–water partition coefficient (Wildman–Crippen LogP) is 2.41. The van der Waals surface area contributed by atoms with Gasteiger partial charge in [0.1, 0.15) is 6.04 Å². The van der Waals surface area contributed by atoms with Crippen LogP contribution in [0.25, 0.3) is 0 Å². The van der Waals surface area contributed by atoms with Crippen LogP contribution in [-0.2, 0) is 4.79 Å². The van der Waals surface area contributed by atoms with E-state index in [-0.39, 0.29) is 18.0 Å². The molecule has 3 aliphatic rings. The molecule has 5 atom stereocenters. The Balaban J connectivity index is 1.78. The van der Waals surface area contributed by atoms with Gasteiger partial charge in [0.05, 0.1) is 0 Å². The van der Waals surface area contributed by atoms with Crippen molar-refractivity contribution in [2.45, 2.75) is 58.0 Å². The Hall–Kier alpha value is -1.26. The van der Waals surface area contributed by atoms with E-state index in [2.05, 4.69) is 13.8 Å². The van der Waals surface area contributed by atoms with E-state index in [4.69, 9.17) is 0 Å². The van der Waals surface area contributed by atoms with Crippen molar-refractivity contribution in [3.63, 3.8) is 0 Å². The largest absolute Gasteiger partial charge is 0.480 e. The summed E-state index contributed by atoms with van der Waals surface area (Å²) in [6.45, 7) is 5.65. The molecule has 21 heavy (non-hydrogen) atoms. The molecule has 5 nitrogen and oxygen atoms in total. The van der Waals surface area contributed by atoms with Crippen LogP contribution in [0.5, 0.6) is 0 Å². The molecule has 1 saturated carbocycles. The number of urea groups is 1. The van der Waals surface area contributed by atoms with Crippen molar-refractivity contribution in [1.29, 1.82) is 0 Å². The number of hydrogen-bond donors (Lipinski definition) is 1. The Morgan fingerprint density at radius 1 is 1.00 bits per heavy atom. The fourth-order valence-corrected chi connectivity index (χ4v) is 4.54. The summed E-state index contributed by atoms with van der Waals surface area (Å²) in [5.74, 6) is 0.252. The third-order valence-electron chi connectivity index (χ3n) is 5.75. The number of hydrogen-bond acceptors (Lipinski definition) is 2. The Bertz CT molecular complexity index is 439. The summed E-state index contributed by atoms with van der Waals surface area (Å²) in [6, 6.07) is -0.422. The van der Waals surface area contributed by atoms with Gasteiger partial charge in [0.2, 0.25) is 0 Å². The monoisotopic (exact) mass is 294 g/mol. The molecule has 1 aliphatic carbocycles. The van der Waals surface area contributed by atoms with Gasteiger partial charge >= 0.3 is 12.0 Å². The average Bonchev–Trinajstić information content (AvgIpc) is 3.00. The van der Waals surface area contributed by atoms with E-state index in [9.17, 15) is 14.7 Å². The van der Waals surface area contributed by atoms with Gasteiger partial charge in [-0.3, -0.25) is 0 Å². The highest BCUT2D eigenvalue weighted by molar-refractivity contribution is 5.84. The molecule has 118 valence electrons.